The molecule has 2 saturated heterocycles. The van der Waals surface area contributed by atoms with Gasteiger partial charge in [-0.3, -0.25) is 33.7 Å². The molecule has 16 heteroatoms. The number of primary amides is 1. The number of nitrogens with two attached hydrogens (primary N) is 1. The number of amides is 8. The molecular weight excluding hydrogens is 747 g/mol. The van der Waals surface area contributed by atoms with Crippen LogP contribution >= 0.6 is 0 Å². The molecule has 0 spiro atoms. The number of ether oxygens (including phenoxy) is 1. The Hall–Kier alpha value is -5.02. The van der Waals surface area contributed by atoms with Crippen molar-refractivity contribution in [2.24, 2.45) is 27.9 Å². The summed E-state index contributed by atoms with van der Waals surface area (Å²) in [7, 11) is 0. The van der Waals surface area contributed by atoms with Gasteiger partial charge in [-0.25, -0.2) is 9.59 Å². The third-order valence-corrected chi connectivity index (χ3v) is 11.6. The van der Waals surface area contributed by atoms with Crippen molar-refractivity contribution in [2.45, 2.75) is 137 Å². The third-order valence-electron chi connectivity index (χ3n) is 11.6. The predicted octanol–water partition coefficient (Wildman–Crippen LogP) is 2.79. The number of fused-ring (bicyclic) bond motifs is 1. The monoisotopic (exact) mass is 807 g/mol. The number of rotatable bonds is 12. The van der Waals surface area contributed by atoms with Crippen molar-refractivity contribution in [3.8, 4) is 0 Å². The quantitative estimate of drug-likeness (QED) is 0.180. The number of ketones is 1. The normalized spacial score (nSPS) is 22.3. The van der Waals surface area contributed by atoms with E-state index < -0.39 is 82.1 Å². The van der Waals surface area contributed by atoms with Crippen molar-refractivity contribution in [1.29, 1.82) is 0 Å². The molecule has 1 saturated carbocycles. The lowest BCUT2D eigenvalue weighted by Crippen LogP contribution is -2.62. The van der Waals surface area contributed by atoms with Crippen LogP contribution in [0.15, 0.2) is 24.3 Å². The summed E-state index contributed by atoms with van der Waals surface area (Å²) in [5.41, 5.74) is 5.48. The van der Waals surface area contributed by atoms with Crippen LogP contribution in [0.2, 0.25) is 0 Å². The number of likely N-dealkylation sites (tertiary alicyclic amines) is 2. The van der Waals surface area contributed by atoms with Gasteiger partial charge in [0.2, 0.25) is 29.4 Å². The molecular formula is C42H61N7O9. The van der Waals surface area contributed by atoms with Crippen LogP contribution in [-0.4, -0.2) is 112 Å². The van der Waals surface area contributed by atoms with Crippen LogP contribution in [0.5, 0.6) is 0 Å². The van der Waals surface area contributed by atoms with Crippen molar-refractivity contribution in [3.05, 3.63) is 35.4 Å². The van der Waals surface area contributed by atoms with E-state index in [2.05, 4.69) is 16.0 Å². The zero-order chi connectivity index (χ0) is 42.9. The SMILES string of the molecule is CC1(C)CC(=O)N(C[C@@H](NC(=O)N[C@H](C(=O)N2C[C@H](OC(=O)N3CCc4ccccc4C3)C[C@H]2C(=O)NC(CC2CC2)C(=O)C(N)=O)C(C)(C)C)C(C)(C)C)C(=O)C1. The number of hydrogen-bond donors (Lipinski definition) is 4. The molecule has 1 unspecified atom stereocenters. The van der Waals surface area contributed by atoms with E-state index in [-0.39, 0.29) is 56.5 Å². The summed E-state index contributed by atoms with van der Waals surface area (Å²) in [6.45, 7) is 15.1. The third kappa shape index (κ3) is 10.9. The zero-order valence-electron chi connectivity index (χ0n) is 35.1. The first kappa shape index (κ1) is 44.1. The molecule has 0 bridgehead atoms. The lowest BCUT2D eigenvalue weighted by molar-refractivity contribution is -0.153. The van der Waals surface area contributed by atoms with Crippen LogP contribution in [0.1, 0.15) is 105 Å². The molecule has 5 atom stereocenters. The minimum atomic E-state index is -1.23. The minimum absolute atomic E-state index is 0.0606. The maximum atomic E-state index is 14.7. The van der Waals surface area contributed by atoms with Crippen molar-refractivity contribution >= 4 is 47.4 Å². The molecule has 1 aliphatic carbocycles. The predicted molar refractivity (Wildman–Crippen MR) is 212 cm³/mol. The molecule has 5 rings (SSSR count). The molecule has 3 aliphatic heterocycles. The molecule has 0 aromatic heterocycles. The van der Waals surface area contributed by atoms with E-state index >= 15 is 0 Å². The second-order valence-corrected chi connectivity index (χ2v) is 19.4. The average molecular weight is 808 g/mol. The molecule has 4 aliphatic rings. The number of piperidine rings is 1. The Labute approximate surface area is 340 Å². The smallest absolute Gasteiger partial charge is 0.410 e. The summed E-state index contributed by atoms with van der Waals surface area (Å²) < 4.78 is 5.94. The standard InChI is InChI=1S/C42H61N7O9/c1-40(2,3)30(23-49-31(50)19-42(7,8)20-32(49)51)45-38(56)46-34(41(4,5)6)37(55)48-22-27(58-39(57)47-16-15-25-11-9-10-12-26(25)21-47)18-29(48)36(54)44-28(17-24-13-14-24)33(52)35(43)53/h9-12,24,27-30,34H,13-23H2,1-8H3,(H2,43,53)(H,44,54)(H2,45,46,56)/t27-,28?,29+,30-,34-/m1/s1. The number of carbonyl (C=O) groups excluding carboxylic acids is 8. The van der Waals surface area contributed by atoms with Gasteiger partial charge in [0, 0.05) is 38.9 Å². The molecule has 5 N–H and O–H groups in total. The second kappa shape index (κ2) is 17.1. The van der Waals surface area contributed by atoms with Gasteiger partial charge in [0.15, 0.2) is 0 Å². The van der Waals surface area contributed by atoms with Crippen LogP contribution < -0.4 is 21.7 Å². The van der Waals surface area contributed by atoms with E-state index in [4.69, 9.17) is 10.5 Å². The molecule has 1 aromatic rings. The summed E-state index contributed by atoms with van der Waals surface area (Å²) >= 11 is 0. The van der Waals surface area contributed by atoms with Crippen LogP contribution in [0.25, 0.3) is 0 Å². The first-order valence-corrected chi connectivity index (χ1v) is 20.3. The van der Waals surface area contributed by atoms with E-state index in [0.29, 0.717) is 19.5 Å². The Morgan fingerprint density at radius 1 is 0.897 bits per heavy atom. The summed E-state index contributed by atoms with van der Waals surface area (Å²) in [5.74, 6) is -3.99. The Morgan fingerprint density at radius 3 is 2.09 bits per heavy atom. The number of nitrogens with one attached hydrogen (secondary N) is 3. The molecule has 3 fully saturated rings. The number of Topliss-reactive ketones (excluding diaryl/α,β-unsaturated/α-hetero) is 1. The van der Waals surface area contributed by atoms with Crippen LogP contribution in [0, 0.1) is 22.2 Å². The fourth-order valence-corrected chi connectivity index (χ4v) is 7.88. The highest BCUT2D eigenvalue weighted by atomic mass is 16.6. The number of carbonyl (C=O) groups is 8. The first-order valence-electron chi connectivity index (χ1n) is 20.3. The van der Waals surface area contributed by atoms with Gasteiger partial charge in [-0.05, 0) is 46.1 Å². The lowest BCUT2D eigenvalue weighted by atomic mass is 9.80. The van der Waals surface area contributed by atoms with Gasteiger partial charge in [-0.2, -0.15) is 0 Å². The van der Waals surface area contributed by atoms with Gasteiger partial charge in [0.05, 0.1) is 18.6 Å². The molecule has 58 heavy (non-hydrogen) atoms. The maximum Gasteiger partial charge on any atom is 0.410 e. The summed E-state index contributed by atoms with van der Waals surface area (Å²) in [6.07, 6.45) is 1.30. The van der Waals surface area contributed by atoms with Gasteiger partial charge >= 0.3 is 12.1 Å². The van der Waals surface area contributed by atoms with E-state index in [1.807, 2.05) is 58.9 Å². The Kier molecular flexibility index (Phi) is 13.0. The Balaban J connectivity index is 1.35. The zero-order valence-corrected chi connectivity index (χ0v) is 35.1. The number of nitrogens with zero attached hydrogens (tertiary/aromatic N) is 3. The summed E-state index contributed by atoms with van der Waals surface area (Å²) in [6, 6.07) is 2.75. The highest BCUT2D eigenvalue weighted by Gasteiger charge is 2.48. The van der Waals surface area contributed by atoms with Crippen molar-refractivity contribution in [1.82, 2.24) is 30.7 Å². The van der Waals surface area contributed by atoms with E-state index in [9.17, 15) is 38.4 Å². The van der Waals surface area contributed by atoms with Gasteiger partial charge in [0.1, 0.15) is 18.2 Å². The van der Waals surface area contributed by atoms with Gasteiger partial charge in [-0.15, -0.1) is 0 Å². The highest BCUT2D eigenvalue weighted by Crippen LogP contribution is 2.35. The van der Waals surface area contributed by atoms with Crippen LogP contribution in [0.3, 0.4) is 0 Å². The molecule has 3 heterocycles. The maximum absolute atomic E-state index is 14.7. The first-order chi connectivity index (χ1) is 26.9. The summed E-state index contributed by atoms with van der Waals surface area (Å²) in [4.78, 5) is 111. The molecule has 318 valence electrons. The van der Waals surface area contributed by atoms with E-state index in [1.54, 1.807) is 25.7 Å². The number of hydrogen-bond acceptors (Lipinski definition) is 9. The number of benzene rings is 1. The molecule has 0 radical (unpaired) electrons. The van der Waals surface area contributed by atoms with Gasteiger partial charge in [-0.1, -0.05) is 92.5 Å². The van der Waals surface area contributed by atoms with Crippen LogP contribution in [-0.2, 0) is 46.5 Å². The molecule has 16 nitrogen and oxygen atoms in total. The number of urea groups is 1. The topological polar surface area (TPSA) is 218 Å². The van der Waals surface area contributed by atoms with Gasteiger partial charge in [0.25, 0.3) is 5.91 Å². The fraction of sp³-hybridized carbons (Fsp3) is 0.667. The van der Waals surface area contributed by atoms with Crippen molar-refractivity contribution in [2.75, 3.05) is 19.6 Å². The van der Waals surface area contributed by atoms with E-state index in [0.717, 1.165) is 24.0 Å². The number of imide groups is 1. The molecule has 8 amide bonds. The largest absolute Gasteiger partial charge is 0.444 e. The minimum Gasteiger partial charge on any atom is -0.444 e. The average Bonchev–Trinajstić information content (AvgIpc) is 3.84. The lowest BCUT2D eigenvalue weighted by Gasteiger charge is -2.40. The molecule has 1 aromatic carbocycles. The summed E-state index contributed by atoms with van der Waals surface area (Å²) in [5, 5.41) is 8.36. The van der Waals surface area contributed by atoms with Crippen LogP contribution in [0.4, 0.5) is 9.59 Å². The highest BCUT2D eigenvalue weighted by molar-refractivity contribution is 6.37. The Morgan fingerprint density at radius 2 is 1.52 bits per heavy atom. The Bertz CT molecular complexity index is 1790. The fourth-order valence-electron chi connectivity index (χ4n) is 7.88. The van der Waals surface area contributed by atoms with Gasteiger partial charge < -0.3 is 36.2 Å². The van der Waals surface area contributed by atoms with E-state index in [1.165, 1.54) is 9.80 Å². The van der Waals surface area contributed by atoms with Crippen molar-refractivity contribution in [3.63, 3.8) is 0 Å². The second-order valence-electron chi connectivity index (χ2n) is 19.4. The van der Waals surface area contributed by atoms with Crippen molar-refractivity contribution < 1.29 is 43.1 Å².